The topological polar surface area (TPSA) is 28.2 Å². The third-order valence-electron chi connectivity index (χ3n) is 3.63. The van der Waals surface area contributed by atoms with Crippen molar-refractivity contribution in [1.82, 2.24) is 9.88 Å². The second kappa shape index (κ2) is 8.15. The Bertz CT molecular complexity index is 541. The van der Waals surface area contributed by atoms with Gasteiger partial charge in [0.05, 0.1) is 6.04 Å². The molecule has 2 aromatic rings. The zero-order valence-corrected chi connectivity index (χ0v) is 14.2. The minimum absolute atomic E-state index is 0.349. The van der Waals surface area contributed by atoms with Gasteiger partial charge in [-0.1, -0.05) is 50.2 Å². The number of pyridine rings is 1. The number of benzene rings is 1. The molecule has 0 bridgehead atoms. The first-order valence-corrected chi connectivity index (χ1v) is 8.19. The first-order chi connectivity index (χ1) is 10.2. The van der Waals surface area contributed by atoms with Crippen LogP contribution >= 0.6 is 15.9 Å². The van der Waals surface area contributed by atoms with Crippen molar-refractivity contribution in [2.45, 2.75) is 19.9 Å². The van der Waals surface area contributed by atoms with Crippen LogP contribution in [0.15, 0.2) is 53.1 Å². The van der Waals surface area contributed by atoms with Crippen LogP contribution in [-0.2, 0) is 0 Å². The van der Waals surface area contributed by atoms with E-state index < -0.39 is 0 Å². The largest absolute Gasteiger partial charge is 0.368 e. The van der Waals surface area contributed by atoms with Crippen molar-refractivity contribution >= 4 is 21.7 Å². The Morgan fingerprint density at radius 2 is 1.76 bits per heavy atom. The van der Waals surface area contributed by atoms with Crippen LogP contribution in [0.5, 0.6) is 0 Å². The van der Waals surface area contributed by atoms with Crippen molar-refractivity contribution in [3.05, 3.63) is 58.7 Å². The summed E-state index contributed by atoms with van der Waals surface area (Å²) in [5.74, 6) is 0.900. The second-order valence-corrected chi connectivity index (χ2v) is 5.69. The van der Waals surface area contributed by atoms with E-state index in [1.165, 1.54) is 5.56 Å². The Balaban J connectivity index is 2.13. The summed E-state index contributed by atoms with van der Waals surface area (Å²) < 4.78 is 0.853. The zero-order valence-electron chi connectivity index (χ0n) is 12.6. The Labute approximate surface area is 135 Å². The van der Waals surface area contributed by atoms with Crippen LogP contribution in [0.1, 0.15) is 25.5 Å². The molecule has 0 saturated heterocycles. The standard InChI is InChI=1S/C17H22BrN3/c1-3-21(4-2)15(14-9-6-5-7-10-14)13-19-17-12-8-11-16(18)20-17/h5-12,15H,3-4,13H2,1-2H3,(H,19,20). The van der Waals surface area contributed by atoms with Crippen molar-refractivity contribution in [2.75, 3.05) is 25.0 Å². The van der Waals surface area contributed by atoms with Crippen molar-refractivity contribution in [2.24, 2.45) is 0 Å². The molecule has 0 aliphatic heterocycles. The summed E-state index contributed by atoms with van der Waals surface area (Å²) in [5.41, 5.74) is 1.34. The molecule has 3 nitrogen and oxygen atoms in total. The first kappa shape index (κ1) is 16.0. The van der Waals surface area contributed by atoms with Crippen LogP contribution in [0.25, 0.3) is 0 Å². The lowest BCUT2D eigenvalue weighted by Gasteiger charge is -2.30. The SMILES string of the molecule is CCN(CC)C(CNc1cccc(Br)n1)c1ccccc1. The van der Waals surface area contributed by atoms with Crippen molar-refractivity contribution in [3.8, 4) is 0 Å². The maximum absolute atomic E-state index is 4.44. The van der Waals surface area contributed by atoms with E-state index in [9.17, 15) is 0 Å². The van der Waals surface area contributed by atoms with Crippen LogP contribution < -0.4 is 5.32 Å². The Morgan fingerprint density at radius 3 is 2.38 bits per heavy atom. The van der Waals surface area contributed by atoms with Gasteiger partial charge in [0.15, 0.2) is 0 Å². The average molecular weight is 348 g/mol. The minimum atomic E-state index is 0.349. The second-order valence-electron chi connectivity index (χ2n) is 4.87. The minimum Gasteiger partial charge on any atom is -0.368 e. The molecule has 0 saturated carbocycles. The molecule has 0 amide bonds. The summed E-state index contributed by atoms with van der Waals surface area (Å²) >= 11 is 3.41. The smallest absolute Gasteiger partial charge is 0.127 e. The molecule has 1 N–H and O–H groups in total. The van der Waals surface area contributed by atoms with E-state index in [0.717, 1.165) is 30.1 Å². The van der Waals surface area contributed by atoms with E-state index in [0.29, 0.717) is 6.04 Å². The number of likely N-dealkylation sites (N-methyl/N-ethyl adjacent to an activating group) is 1. The number of rotatable bonds is 7. The van der Waals surface area contributed by atoms with Crippen LogP contribution in [0.2, 0.25) is 0 Å². The van der Waals surface area contributed by atoms with E-state index in [1.807, 2.05) is 18.2 Å². The van der Waals surface area contributed by atoms with Gasteiger partial charge in [-0.15, -0.1) is 0 Å². The van der Waals surface area contributed by atoms with Gasteiger partial charge in [0.1, 0.15) is 10.4 Å². The van der Waals surface area contributed by atoms with E-state index >= 15 is 0 Å². The fraction of sp³-hybridized carbons (Fsp3) is 0.353. The van der Waals surface area contributed by atoms with Gasteiger partial charge in [0, 0.05) is 6.54 Å². The third kappa shape index (κ3) is 4.55. The number of hydrogen-bond acceptors (Lipinski definition) is 3. The number of hydrogen-bond donors (Lipinski definition) is 1. The predicted octanol–water partition coefficient (Wildman–Crippen LogP) is 4.34. The molecule has 1 heterocycles. The Hall–Kier alpha value is -1.39. The normalized spacial score (nSPS) is 12.4. The lowest BCUT2D eigenvalue weighted by Crippen LogP contribution is -2.33. The highest BCUT2D eigenvalue weighted by Gasteiger charge is 2.17. The molecule has 21 heavy (non-hydrogen) atoms. The molecule has 0 fully saturated rings. The molecule has 0 spiro atoms. The van der Waals surface area contributed by atoms with E-state index in [2.05, 4.69) is 75.3 Å². The molecule has 0 radical (unpaired) electrons. The molecular formula is C17H22BrN3. The zero-order chi connectivity index (χ0) is 15.1. The highest BCUT2D eigenvalue weighted by molar-refractivity contribution is 9.10. The maximum Gasteiger partial charge on any atom is 0.127 e. The van der Waals surface area contributed by atoms with Gasteiger partial charge in [0.25, 0.3) is 0 Å². The molecule has 1 atom stereocenters. The highest BCUT2D eigenvalue weighted by Crippen LogP contribution is 2.21. The number of aromatic nitrogens is 1. The molecule has 0 aliphatic carbocycles. The first-order valence-electron chi connectivity index (χ1n) is 7.40. The third-order valence-corrected chi connectivity index (χ3v) is 4.07. The molecular weight excluding hydrogens is 326 g/mol. The summed E-state index contributed by atoms with van der Waals surface area (Å²) in [5, 5.41) is 3.45. The molecule has 4 heteroatoms. The molecule has 2 rings (SSSR count). The summed E-state index contributed by atoms with van der Waals surface area (Å²) in [7, 11) is 0. The molecule has 0 aliphatic rings. The summed E-state index contributed by atoms with van der Waals surface area (Å²) in [4.78, 5) is 6.90. The number of halogens is 1. The van der Waals surface area contributed by atoms with Gasteiger partial charge in [-0.2, -0.15) is 0 Å². The Kier molecular flexibility index (Phi) is 6.21. The van der Waals surface area contributed by atoms with Crippen LogP contribution in [0.4, 0.5) is 5.82 Å². The number of nitrogens with zero attached hydrogens (tertiary/aromatic N) is 2. The molecule has 112 valence electrons. The van der Waals surface area contributed by atoms with Crippen molar-refractivity contribution < 1.29 is 0 Å². The predicted molar refractivity (Wildman–Crippen MR) is 92.5 cm³/mol. The van der Waals surface area contributed by atoms with Crippen LogP contribution in [-0.4, -0.2) is 29.5 Å². The summed E-state index contributed by atoms with van der Waals surface area (Å²) in [6.45, 7) is 7.32. The maximum atomic E-state index is 4.44. The molecule has 1 aromatic carbocycles. The van der Waals surface area contributed by atoms with Gasteiger partial charge in [-0.05, 0) is 46.7 Å². The van der Waals surface area contributed by atoms with Crippen LogP contribution in [0, 0.1) is 0 Å². The van der Waals surface area contributed by atoms with E-state index in [1.54, 1.807) is 0 Å². The molecule has 1 aromatic heterocycles. The quantitative estimate of drug-likeness (QED) is 0.755. The fourth-order valence-corrected chi connectivity index (χ4v) is 2.85. The van der Waals surface area contributed by atoms with Crippen molar-refractivity contribution in [3.63, 3.8) is 0 Å². The number of nitrogens with one attached hydrogen (secondary N) is 1. The highest BCUT2D eigenvalue weighted by atomic mass is 79.9. The lowest BCUT2D eigenvalue weighted by atomic mass is 10.1. The summed E-state index contributed by atoms with van der Waals surface area (Å²) in [6, 6.07) is 16.9. The van der Waals surface area contributed by atoms with Crippen LogP contribution in [0.3, 0.4) is 0 Å². The van der Waals surface area contributed by atoms with Crippen molar-refractivity contribution in [1.29, 1.82) is 0 Å². The fourth-order valence-electron chi connectivity index (χ4n) is 2.51. The van der Waals surface area contributed by atoms with E-state index in [4.69, 9.17) is 0 Å². The van der Waals surface area contributed by atoms with Gasteiger partial charge >= 0.3 is 0 Å². The van der Waals surface area contributed by atoms with Gasteiger partial charge in [-0.25, -0.2) is 4.98 Å². The average Bonchev–Trinajstić information content (AvgIpc) is 2.52. The summed E-state index contributed by atoms with van der Waals surface area (Å²) in [6.07, 6.45) is 0. The van der Waals surface area contributed by atoms with E-state index in [-0.39, 0.29) is 0 Å². The van der Waals surface area contributed by atoms with Gasteiger partial charge < -0.3 is 5.32 Å². The lowest BCUT2D eigenvalue weighted by molar-refractivity contribution is 0.228. The monoisotopic (exact) mass is 347 g/mol. The Morgan fingerprint density at radius 1 is 1.05 bits per heavy atom. The van der Waals surface area contributed by atoms with Gasteiger partial charge in [0.2, 0.25) is 0 Å². The van der Waals surface area contributed by atoms with Gasteiger partial charge in [-0.3, -0.25) is 4.90 Å². The molecule has 1 unspecified atom stereocenters. The number of anilines is 1.